The summed E-state index contributed by atoms with van der Waals surface area (Å²) in [6, 6.07) is 4.93. The van der Waals surface area contributed by atoms with E-state index in [4.69, 9.17) is 0 Å². The highest BCUT2D eigenvalue weighted by Gasteiger charge is 2.13. The van der Waals surface area contributed by atoms with Gasteiger partial charge in [-0.1, -0.05) is 6.07 Å². The molecule has 0 aliphatic carbocycles. The van der Waals surface area contributed by atoms with Gasteiger partial charge in [0.25, 0.3) is 0 Å². The van der Waals surface area contributed by atoms with Gasteiger partial charge in [0.2, 0.25) is 20.0 Å². The molecular weight excluding hydrogens is 300 g/mol. The molecule has 0 spiro atoms. The van der Waals surface area contributed by atoms with Crippen LogP contribution in [0.1, 0.15) is 17.5 Å². The standard InChI is InChI=1S/C12H20N2O4S2/c1-10-5-6-12(9-11(10)2)20(17,18)14-8-4-7-13-19(3,15)16/h5-6,9,13-14H,4,7-8H2,1-3H3. The van der Waals surface area contributed by atoms with Crippen molar-refractivity contribution in [1.82, 2.24) is 9.44 Å². The van der Waals surface area contributed by atoms with E-state index in [1.807, 2.05) is 13.8 Å². The Balaban J connectivity index is 2.56. The van der Waals surface area contributed by atoms with Gasteiger partial charge in [-0.15, -0.1) is 0 Å². The van der Waals surface area contributed by atoms with Gasteiger partial charge in [-0.05, 0) is 43.5 Å². The molecule has 0 saturated heterocycles. The minimum atomic E-state index is -3.54. The highest BCUT2D eigenvalue weighted by atomic mass is 32.2. The Labute approximate surface area is 120 Å². The molecule has 0 unspecified atom stereocenters. The molecule has 114 valence electrons. The van der Waals surface area contributed by atoms with E-state index >= 15 is 0 Å². The third-order valence-corrected chi connectivity index (χ3v) is 4.99. The number of nitrogens with one attached hydrogen (secondary N) is 2. The van der Waals surface area contributed by atoms with Gasteiger partial charge in [-0.2, -0.15) is 0 Å². The molecule has 1 aromatic rings. The molecule has 8 heteroatoms. The van der Waals surface area contributed by atoms with Gasteiger partial charge in [-0.25, -0.2) is 26.3 Å². The Morgan fingerprint density at radius 1 is 0.950 bits per heavy atom. The summed E-state index contributed by atoms with van der Waals surface area (Å²) in [5.41, 5.74) is 1.94. The van der Waals surface area contributed by atoms with Gasteiger partial charge < -0.3 is 0 Å². The van der Waals surface area contributed by atoms with E-state index in [2.05, 4.69) is 9.44 Å². The van der Waals surface area contributed by atoms with Crippen molar-refractivity contribution in [2.45, 2.75) is 25.2 Å². The Morgan fingerprint density at radius 2 is 1.55 bits per heavy atom. The minimum absolute atomic E-state index is 0.178. The fourth-order valence-electron chi connectivity index (χ4n) is 1.52. The first-order valence-corrected chi connectivity index (χ1v) is 9.51. The van der Waals surface area contributed by atoms with Crippen molar-refractivity contribution in [3.8, 4) is 0 Å². The molecule has 2 N–H and O–H groups in total. The van der Waals surface area contributed by atoms with Gasteiger partial charge in [0, 0.05) is 13.1 Å². The van der Waals surface area contributed by atoms with Gasteiger partial charge in [0.1, 0.15) is 0 Å². The Hall–Kier alpha value is -0.960. The molecule has 0 aromatic heterocycles. The van der Waals surface area contributed by atoms with Crippen LogP contribution in [0.15, 0.2) is 23.1 Å². The summed E-state index contributed by atoms with van der Waals surface area (Å²) in [5.74, 6) is 0. The zero-order valence-electron chi connectivity index (χ0n) is 11.8. The predicted molar refractivity (Wildman–Crippen MR) is 78.6 cm³/mol. The zero-order valence-corrected chi connectivity index (χ0v) is 13.4. The minimum Gasteiger partial charge on any atom is -0.215 e. The molecule has 1 rings (SSSR count). The first kappa shape index (κ1) is 17.1. The first-order chi connectivity index (χ1) is 9.12. The predicted octanol–water partition coefficient (Wildman–Crippen LogP) is 0.521. The van der Waals surface area contributed by atoms with Crippen molar-refractivity contribution < 1.29 is 16.8 Å². The fourth-order valence-corrected chi connectivity index (χ4v) is 3.19. The summed E-state index contributed by atoms with van der Waals surface area (Å²) in [5, 5.41) is 0. The van der Waals surface area contributed by atoms with Crippen LogP contribution in [0, 0.1) is 13.8 Å². The number of hydrogen-bond donors (Lipinski definition) is 2. The number of benzene rings is 1. The monoisotopic (exact) mass is 320 g/mol. The lowest BCUT2D eigenvalue weighted by molar-refractivity contribution is 0.575. The van der Waals surface area contributed by atoms with Crippen molar-refractivity contribution in [2.24, 2.45) is 0 Å². The molecule has 0 aliphatic heterocycles. The molecule has 0 saturated carbocycles. The maximum atomic E-state index is 12.0. The third-order valence-electron chi connectivity index (χ3n) is 2.80. The summed E-state index contributed by atoms with van der Waals surface area (Å²) < 4.78 is 50.4. The third kappa shape index (κ3) is 5.58. The highest BCUT2D eigenvalue weighted by molar-refractivity contribution is 7.89. The smallest absolute Gasteiger partial charge is 0.215 e. The second-order valence-corrected chi connectivity index (χ2v) is 8.26. The topological polar surface area (TPSA) is 92.3 Å². The SMILES string of the molecule is Cc1ccc(S(=O)(=O)NCCCNS(C)(=O)=O)cc1C. The molecule has 0 bridgehead atoms. The van der Waals surface area contributed by atoms with Gasteiger partial charge in [0.05, 0.1) is 11.2 Å². The molecule has 0 atom stereocenters. The van der Waals surface area contributed by atoms with E-state index in [1.165, 1.54) is 0 Å². The number of rotatable bonds is 7. The van der Waals surface area contributed by atoms with Crippen LogP contribution >= 0.6 is 0 Å². The van der Waals surface area contributed by atoms with Gasteiger partial charge in [0.15, 0.2) is 0 Å². The van der Waals surface area contributed by atoms with E-state index in [0.29, 0.717) is 6.42 Å². The van der Waals surface area contributed by atoms with Crippen LogP contribution < -0.4 is 9.44 Å². The van der Waals surface area contributed by atoms with Crippen LogP contribution in [0.4, 0.5) is 0 Å². The van der Waals surface area contributed by atoms with Crippen molar-refractivity contribution in [3.05, 3.63) is 29.3 Å². The van der Waals surface area contributed by atoms with Gasteiger partial charge >= 0.3 is 0 Å². The molecule has 0 amide bonds. The lowest BCUT2D eigenvalue weighted by atomic mass is 10.1. The van der Waals surface area contributed by atoms with Crippen LogP contribution in [0.2, 0.25) is 0 Å². The molecule has 20 heavy (non-hydrogen) atoms. The van der Waals surface area contributed by atoms with Crippen LogP contribution in [0.25, 0.3) is 0 Å². The number of aryl methyl sites for hydroxylation is 2. The van der Waals surface area contributed by atoms with E-state index in [1.54, 1.807) is 18.2 Å². The van der Waals surface area contributed by atoms with Crippen molar-refractivity contribution in [2.75, 3.05) is 19.3 Å². The van der Waals surface area contributed by atoms with Crippen LogP contribution in [-0.4, -0.2) is 36.2 Å². The zero-order chi connectivity index (χ0) is 15.4. The lowest BCUT2D eigenvalue weighted by Crippen LogP contribution is -2.29. The Bertz CT molecular complexity index is 667. The lowest BCUT2D eigenvalue weighted by Gasteiger charge is -2.08. The van der Waals surface area contributed by atoms with E-state index in [9.17, 15) is 16.8 Å². The molecule has 0 heterocycles. The maximum Gasteiger partial charge on any atom is 0.240 e. The average Bonchev–Trinajstić information content (AvgIpc) is 2.30. The van der Waals surface area contributed by atoms with Crippen molar-refractivity contribution >= 4 is 20.0 Å². The quantitative estimate of drug-likeness (QED) is 0.717. The highest BCUT2D eigenvalue weighted by Crippen LogP contribution is 2.14. The first-order valence-electron chi connectivity index (χ1n) is 6.13. The van der Waals surface area contributed by atoms with Crippen LogP contribution in [0.5, 0.6) is 0 Å². The Morgan fingerprint density at radius 3 is 2.10 bits per heavy atom. The molecule has 1 aromatic carbocycles. The normalized spacial score (nSPS) is 12.6. The summed E-state index contributed by atoms with van der Waals surface area (Å²) >= 11 is 0. The summed E-state index contributed by atoms with van der Waals surface area (Å²) in [7, 11) is -6.77. The van der Waals surface area contributed by atoms with E-state index in [0.717, 1.165) is 17.4 Å². The van der Waals surface area contributed by atoms with E-state index in [-0.39, 0.29) is 18.0 Å². The maximum absolute atomic E-state index is 12.0. The number of hydrogen-bond acceptors (Lipinski definition) is 4. The second kappa shape index (κ2) is 6.66. The van der Waals surface area contributed by atoms with Gasteiger partial charge in [-0.3, -0.25) is 0 Å². The Kier molecular flexibility index (Phi) is 5.69. The van der Waals surface area contributed by atoms with Crippen LogP contribution in [0.3, 0.4) is 0 Å². The summed E-state index contributed by atoms with van der Waals surface area (Å²) in [6.45, 7) is 4.15. The molecule has 0 radical (unpaired) electrons. The second-order valence-electron chi connectivity index (χ2n) is 4.66. The van der Waals surface area contributed by atoms with Crippen molar-refractivity contribution in [3.63, 3.8) is 0 Å². The summed E-state index contributed by atoms with van der Waals surface area (Å²) in [4.78, 5) is 0.219. The van der Waals surface area contributed by atoms with Crippen LogP contribution in [-0.2, 0) is 20.0 Å². The molecule has 6 nitrogen and oxygen atoms in total. The average molecular weight is 320 g/mol. The van der Waals surface area contributed by atoms with E-state index < -0.39 is 20.0 Å². The molecule has 0 fully saturated rings. The fraction of sp³-hybridized carbons (Fsp3) is 0.500. The number of sulfonamides is 2. The largest absolute Gasteiger partial charge is 0.240 e. The van der Waals surface area contributed by atoms with Crippen molar-refractivity contribution in [1.29, 1.82) is 0 Å². The summed E-state index contributed by atoms with van der Waals surface area (Å²) in [6.07, 6.45) is 1.45. The molecule has 0 aliphatic rings. The molecular formula is C12H20N2O4S2.